The van der Waals surface area contributed by atoms with Crippen molar-refractivity contribution in [2.24, 2.45) is 0 Å². The van der Waals surface area contributed by atoms with Gasteiger partial charge in [-0.1, -0.05) is 18.2 Å². The quantitative estimate of drug-likeness (QED) is 0.722. The summed E-state index contributed by atoms with van der Waals surface area (Å²) in [7, 11) is 0. The topological polar surface area (TPSA) is 75.4 Å². The monoisotopic (exact) mass is 324 g/mol. The molecule has 5 nitrogen and oxygen atoms in total. The van der Waals surface area contributed by atoms with Crippen LogP contribution in [0.5, 0.6) is 0 Å². The van der Waals surface area contributed by atoms with Gasteiger partial charge in [-0.25, -0.2) is 0 Å². The van der Waals surface area contributed by atoms with Crippen molar-refractivity contribution < 1.29 is 14.3 Å². The zero-order chi connectivity index (χ0) is 17.1. The Morgan fingerprint density at radius 3 is 2.88 bits per heavy atom. The Morgan fingerprint density at radius 1 is 1.29 bits per heavy atom. The number of carbonyl (C=O) groups is 1. The van der Waals surface area contributed by atoms with E-state index in [1.165, 1.54) is 0 Å². The third-order valence-electron chi connectivity index (χ3n) is 4.26. The summed E-state index contributed by atoms with van der Waals surface area (Å²) in [4.78, 5) is 15.5. The molecule has 5 heteroatoms. The number of carboxylic acid groups (broad SMARTS) is 1. The maximum absolute atomic E-state index is 11.3. The van der Waals surface area contributed by atoms with Gasteiger partial charge >= 0.3 is 5.97 Å². The number of hydrogen-bond acceptors (Lipinski definition) is 4. The van der Waals surface area contributed by atoms with Crippen LogP contribution >= 0.6 is 0 Å². The van der Waals surface area contributed by atoms with Crippen molar-refractivity contribution in [3.8, 4) is 0 Å². The number of nitrogens with one attached hydrogen (secondary N) is 1. The summed E-state index contributed by atoms with van der Waals surface area (Å²) >= 11 is 0. The summed E-state index contributed by atoms with van der Waals surface area (Å²) in [6.07, 6.45) is 1.74. The molecule has 2 aromatic heterocycles. The maximum atomic E-state index is 11.3. The number of aromatic nitrogens is 1. The van der Waals surface area contributed by atoms with Gasteiger partial charge in [0.25, 0.3) is 0 Å². The molecule has 0 aliphatic rings. The number of fused-ring (bicyclic) bond motifs is 1. The predicted octanol–water partition coefficient (Wildman–Crippen LogP) is 3.75. The molecule has 1 aromatic carbocycles. The maximum Gasteiger partial charge on any atom is 0.305 e. The highest BCUT2D eigenvalue weighted by molar-refractivity contribution is 5.72. The summed E-state index contributed by atoms with van der Waals surface area (Å²) in [5.41, 5.74) is 4.80. The van der Waals surface area contributed by atoms with E-state index in [9.17, 15) is 9.90 Å². The van der Waals surface area contributed by atoms with E-state index in [0.717, 1.165) is 33.6 Å². The number of aryl methyl sites for hydroxylation is 1. The molecule has 1 atom stereocenters. The first-order chi connectivity index (χ1) is 11.5. The summed E-state index contributed by atoms with van der Waals surface area (Å²) < 4.78 is 5.74. The average Bonchev–Trinajstić information content (AvgIpc) is 2.97. The lowest BCUT2D eigenvalue weighted by molar-refractivity contribution is -0.137. The molecule has 3 aromatic rings. The van der Waals surface area contributed by atoms with Crippen LogP contribution in [-0.4, -0.2) is 16.1 Å². The number of rotatable bonds is 6. The first kappa shape index (κ1) is 16.2. The minimum absolute atomic E-state index is 0.0166. The molecule has 0 saturated carbocycles. The van der Waals surface area contributed by atoms with Crippen molar-refractivity contribution in [3.63, 3.8) is 0 Å². The van der Waals surface area contributed by atoms with Gasteiger partial charge in [0.1, 0.15) is 11.3 Å². The van der Waals surface area contributed by atoms with E-state index < -0.39 is 5.97 Å². The third-order valence-corrected chi connectivity index (χ3v) is 4.26. The fourth-order valence-corrected chi connectivity index (χ4v) is 2.85. The highest BCUT2D eigenvalue weighted by Gasteiger charge is 2.18. The van der Waals surface area contributed by atoms with Crippen LogP contribution in [0.4, 0.5) is 0 Å². The molecule has 0 aliphatic heterocycles. The molecular weight excluding hydrogens is 304 g/mol. The summed E-state index contributed by atoms with van der Waals surface area (Å²) in [6.45, 7) is 4.50. The molecule has 0 radical (unpaired) electrons. The van der Waals surface area contributed by atoms with E-state index in [0.29, 0.717) is 6.54 Å². The number of pyridine rings is 1. The van der Waals surface area contributed by atoms with Crippen molar-refractivity contribution >= 4 is 17.1 Å². The van der Waals surface area contributed by atoms with Crippen molar-refractivity contribution in [1.29, 1.82) is 0 Å². The molecule has 2 heterocycles. The Balaban J connectivity index is 1.81. The van der Waals surface area contributed by atoms with Crippen LogP contribution in [0.25, 0.3) is 11.1 Å². The fraction of sp³-hybridized carbons (Fsp3) is 0.263. The third kappa shape index (κ3) is 3.46. The van der Waals surface area contributed by atoms with Crippen molar-refractivity contribution in [1.82, 2.24) is 10.3 Å². The van der Waals surface area contributed by atoms with E-state index >= 15 is 0 Å². The Morgan fingerprint density at radius 2 is 2.12 bits per heavy atom. The molecule has 0 amide bonds. The van der Waals surface area contributed by atoms with Crippen LogP contribution in [0.15, 0.2) is 47.0 Å². The lowest BCUT2D eigenvalue weighted by atomic mass is 9.95. The van der Waals surface area contributed by atoms with Crippen LogP contribution in [-0.2, 0) is 11.3 Å². The Bertz CT molecular complexity index is 837. The van der Waals surface area contributed by atoms with Gasteiger partial charge in [-0.15, -0.1) is 0 Å². The van der Waals surface area contributed by atoms with Gasteiger partial charge in [0.15, 0.2) is 5.58 Å². The van der Waals surface area contributed by atoms with Crippen LogP contribution in [0.1, 0.15) is 34.9 Å². The SMILES string of the molecule is Cc1cccc([C@@H](CC(=O)O)NCc2cc3ncccc3o2)c1C. The van der Waals surface area contributed by atoms with Gasteiger partial charge in [0.05, 0.1) is 13.0 Å². The molecular formula is C19H20N2O3. The van der Waals surface area contributed by atoms with Crippen molar-refractivity contribution in [3.05, 3.63) is 65.0 Å². The van der Waals surface area contributed by atoms with E-state index in [4.69, 9.17) is 4.42 Å². The second-order valence-electron chi connectivity index (χ2n) is 5.92. The van der Waals surface area contributed by atoms with Gasteiger partial charge in [0.2, 0.25) is 0 Å². The predicted molar refractivity (Wildman–Crippen MR) is 91.8 cm³/mol. The number of benzene rings is 1. The molecule has 0 aliphatic carbocycles. The molecule has 124 valence electrons. The number of carboxylic acids is 1. The number of furan rings is 1. The van der Waals surface area contributed by atoms with Gasteiger partial charge in [-0.05, 0) is 42.7 Å². The molecule has 3 rings (SSSR count). The summed E-state index contributed by atoms with van der Waals surface area (Å²) in [6, 6.07) is 11.3. The summed E-state index contributed by atoms with van der Waals surface area (Å²) in [5, 5.41) is 12.6. The van der Waals surface area contributed by atoms with Crippen molar-refractivity contribution in [2.45, 2.75) is 32.9 Å². The second kappa shape index (κ2) is 6.84. The zero-order valence-corrected chi connectivity index (χ0v) is 13.7. The summed E-state index contributed by atoms with van der Waals surface area (Å²) in [5.74, 6) is -0.0935. The van der Waals surface area contributed by atoms with E-state index in [1.807, 2.05) is 50.2 Å². The zero-order valence-electron chi connectivity index (χ0n) is 13.7. The standard InChI is InChI=1S/C19H20N2O3/c1-12-5-3-6-15(13(12)2)16(10-19(22)23)21-11-14-9-17-18(24-14)7-4-8-20-17/h3-9,16,21H,10-11H2,1-2H3,(H,22,23)/t16-/m1/s1. The molecule has 0 unspecified atom stereocenters. The molecule has 24 heavy (non-hydrogen) atoms. The minimum Gasteiger partial charge on any atom is -0.481 e. The Kier molecular flexibility index (Phi) is 4.62. The van der Waals surface area contributed by atoms with Crippen LogP contribution < -0.4 is 5.32 Å². The highest BCUT2D eigenvalue weighted by atomic mass is 16.4. The average molecular weight is 324 g/mol. The van der Waals surface area contributed by atoms with Crippen molar-refractivity contribution in [2.75, 3.05) is 0 Å². The number of nitrogens with zero attached hydrogens (tertiary/aromatic N) is 1. The van der Waals surface area contributed by atoms with Crippen LogP contribution in [0, 0.1) is 13.8 Å². The first-order valence-electron chi connectivity index (χ1n) is 7.89. The fourth-order valence-electron chi connectivity index (χ4n) is 2.85. The molecule has 0 fully saturated rings. The molecule has 0 spiro atoms. The lowest BCUT2D eigenvalue weighted by Gasteiger charge is -2.20. The smallest absolute Gasteiger partial charge is 0.305 e. The normalized spacial score (nSPS) is 12.4. The largest absolute Gasteiger partial charge is 0.481 e. The van der Waals surface area contributed by atoms with E-state index in [2.05, 4.69) is 10.3 Å². The number of hydrogen-bond donors (Lipinski definition) is 2. The van der Waals surface area contributed by atoms with Gasteiger partial charge < -0.3 is 14.8 Å². The first-order valence-corrected chi connectivity index (χ1v) is 7.89. The molecule has 0 bridgehead atoms. The van der Waals surface area contributed by atoms with Gasteiger partial charge in [0, 0.05) is 18.3 Å². The van der Waals surface area contributed by atoms with Crippen LogP contribution in [0.2, 0.25) is 0 Å². The highest BCUT2D eigenvalue weighted by Crippen LogP contribution is 2.24. The van der Waals surface area contributed by atoms with Crippen LogP contribution in [0.3, 0.4) is 0 Å². The minimum atomic E-state index is -0.834. The second-order valence-corrected chi connectivity index (χ2v) is 5.92. The Labute approximate surface area is 140 Å². The molecule has 2 N–H and O–H groups in total. The molecule has 0 saturated heterocycles. The number of aliphatic carboxylic acids is 1. The van der Waals surface area contributed by atoms with E-state index in [1.54, 1.807) is 6.20 Å². The Hall–Kier alpha value is -2.66. The van der Waals surface area contributed by atoms with Gasteiger partial charge in [-0.3, -0.25) is 9.78 Å². The van der Waals surface area contributed by atoms with Gasteiger partial charge in [-0.2, -0.15) is 0 Å². The lowest BCUT2D eigenvalue weighted by Crippen LogP contribution is -2.24. The van der Waals surface area contributed by atoms with E-state index in [-0.39, 0.29) is 12.5 Å².